The number of ether oxygens (including phenoxy) is 1. The van der Waals surface area contributed by atoms with Crippen molar-refractivity contribution in [1.82, 2.24) is 10.2 Å². The van der Waals surface area contributed by atoms with Crippen LogP contribution >= 0.6 is 0 Å². The van der Waals surface area contributed by atoms with E-state index in [2.05, 4.69) is 5.32 Å². The van der Waals surface area contributed by atoms with E-state index in [9.17, 15) is 14.4 Å². The summed E-state index contributed by atoms with van der Waals surface area (Å²) in [7, 11) is 4.89. The molecule has 1 N–H and O–H groups in total. The second-order valence-corrected chi connectivity index (χ2v) is 6.00. The normalized spacial score (nSPS) is 10.5. The number of ketones is 1. The van der Waals surface area contributed by atoms with E-state index in [1.54, 1.807) is 75.7 Å². The van der Waals surface area contributed by atoms with Crippen molar-refractivity contribution < 1.29 is 19.1 Å². The quantitative estimate of drug-likeness (QED) is 0.603. The van der Waals surface area contributed by atoms with Gasteiger partial charge >= 0.3 is 0 Å². The van der Waals surface area contributed by atoms with Gasteiger partial charge in [-0.2, -0.15) is 0 Å². The van der Waals surface area contributed by atoms with Crippen molar-refractivity contribution in [3.8, 4) is 5.75 Å². The number of carbonyl (C=O) groups is 3. The summed E-state index contributed by atoms with van der Waals surface area (Å²) in [6.45, 7) is -0.0494. The number of allylic oxidation sites excluding steroid dienone is 1. The minimum Gasteiger partial charge on any atom is -0.484 e. The molecule has 2 amide bonds. The Labute approximate surface area is 158 Å². The second kappa shape index (κ2) is 9.33. The highest BCUT2D eigenvalue weighted by Crippen LogP contribution is 2.14. The van der Waals surface area contributed by atoms with Crippen LogP contribution in [0.1, 0.15) is 26.3 Å². The molecule has 0 aliphatic heterocycles. The maximum atomic E-state index is 12.3. The lowest BCUT2D eigenvalue weighted by atomic mass is 10.1. The van der Waals surface area contributed by atoms with Gasteiger partial charge < -0.3 is 15.0 Å². The Hall–Kier alpha value is -3.41. The van der Waals surface area contributed by atoms with E-state index in [-0.39, 0.29) is 24.2 Å². The fourth-order valence-corrected chi connectivity index (χ4v) is 2.15. The zero-order valence-corrected chi connectivity index (χ0v) is 15.6. The van der Waals surface area contributed by atoms with Gasteiger partial charge in [0.25, 0.3) is 11.8 Å². The molecule has 0 aliphatic rings. The fraction of sp³-hybridized carbons (Fsp3) is 0.190. The summed E-state index contributed by atoms with van der Waals surface area (Å²) in [5.74, 6) is 0.0773. The summed E-state index contributed by atoms with van der Waals surface area (Å²) in [6.07, 6.45) is 3.16. The SMILES string of the molecule is CNC(=O)c1ccc(/C=C/C(=O)c2ccc(OCC(=O)N(C)C)cc2)cc1. The topological polar surface area (TPSA) is 75.7 Å². The molecule has 2 aromatic rings. The second-order valence-electron chi connectivity index (χ2n) is 6.00. The molecule has 0 spiro atoms. The van der Waals surface area contributed by atoms with Gasteiger partial charge in [0.2, 0.25) is 0 Å². The Morgan fingerprint density at radius 3 is 2.11 bits per heavy atom. The van der Waals surface area contributed by atoms with E-state index in [0.717, 1.165) is 5.56 Å². The molecule has 2 aromatic carbocycles. The van der Waals surface area contributed by atoms with Crippen molar-refractivity contribution in [2.24, 2.45) is 0 Å². The highest BCUT2D eigenvalue weighted by molar-refractivity contribution is 6.06. The Morgan fingerprint density at radius 2 is 1.56 bits per heavy atom. The summed E-state index contributed by atoms with van der Waals surface area (Å²) in [6, 6.07) is 13.5. The monoisotopic (exact) mass is 366 g/mol. The highest BCUT2D eigenvalue weighted by Gasteiger charge is 2.06. The molecule has 27 heavy (non-hydrogen) atoms. The van der Waals surface area contributed by atoms with Crippen LogP contribution in [0.4, 0.5) is 0 Å². The Morgan fingerprint density at radius 1 is 0.963 bits per heavy atom. The van der Waals surface area contributed by atoms with Crippen molar-refractivity contribution in [3.05, 3.63) is 71.3 Å². The van der Waals surface area contributed by atoms with Gasteiger partial charge in [-0.3, -0.25) is 14.4 Å². The molecule has 0 bridgehead atoms. The van der Waals surface area contributed by atoms with Gasteiger partial charge in [0, 0.05) is 32.3 Å². The van der Waals surface area contributed by atoms with Crippen LogP contribution in [-0.4, -0.2) is 50.2 Å². The largest absolute Gasteiger partial charge is 0.484 e. The number of nitrogens with zero attached hydrogens (tertiary/aromatic N) is 1. The van der Waals surface area contributed by atoms with Gasteiger partial charge in [0.15, 0.2) is 12.4 Å². The molecule has 6 heteroatoms. The Kier molecular flexibility index (Phi) is 6.88. The van der Waals surface area contributed by atoms with Crippen LogP contribution in [0.3, 0.4) is 0 Å². The van der Waals surface area contributed by atoms with E-state index >= 15 is 0 Å². The first-order chi connectivity index (χ1) is 12.9. The average molecular weight is 366 g/mol. The highest BCUT2D eigenvalue weighted by atomic mass is 16.5. The van der Waals surface area contributed by atoms with Crippen molar-refractivity contribution >= 4 is 23.7 Å². The predicted molar refractivity (Wildman–Crippen MR) is 104 cm³/mol. The zero-order chi connectivity index (χ0) is 19.8. The molecule has 140 valence electrons. The van der Waals surface area contributed by atoms with Gasteiger partial charge in [0.05, 0.1) is 0 Å². The van der Waals surface area contributed by atoms with E-state index < -0.39 is 0 Å². The van der Waals surface area contributed by atoms with Gasteiger partial charge in [-0.25, -0.2) is 0 Å². The lowest BCUT2D eigenvalue weighted by Crippen LogP contribution is -2.27. The molecular weight excluding hydrogens is 344 g/mol. The summed E-state index contributed by atoms with van der Waals surface area (Å²) in [4.78, 5) is 36.7. The van der Waals surface area contributed by atoms with Crippen LogP contribution in [0, 0.1) is 0 Å². The molecule has 0 unspecified atom stereocenters. The first-order valence-corrected chi connectivity index (χ1v) is 8.38. The third-order valence-electron chi connectivity index (χ3n) is 3.83. The van der Waals surface area contributed by atoms with Crippen LogP contribution in [0.5, 0.6) is 5.75 Å². The molecular formula is C21H22N2O4. The molecule has 0 saturated heterocycles. The number of benzene rings is 2. The smallest absolute Gasteiger partial charge is 0.259 e. The van der Waals surface area contributed by atoms with Crippen molar-refractivity contribution in [3.63, 3.8) is 0 Å². The number of hydrogen-bond acceptors (Lipinski definition) is 4. The van der Waals surface area contributed by atoms with Gasteiger partial charge in [-0.15, -0.1) is 0 Å². The minimum absolute atomic E-state index is 0.0494. The van der Waals surface area contributed by atoms with E-state index in [1.807, 2.05) is 0 Å². The molecule has 0 fully saturated rings. The number of carbonyl (C=O) groups excluding carboxylic acids is 3. The lowest BCUT2D eigenvalue weighted by Gasteiger charge is -2.11. The van der Waals surface area contributed by atoms with Crippen LogP contribution < -0.4 is 10.1 Å². The molecule has 0 radical (unpaired) electrons. The molecule has 0 aromatic heterocycles. The summed E-state index contributed by atoms with van der Waals surface area (Å²) < 4.78 is 5.38. The number of amides is 2. The van der Waals surface area contributed by atoms with Gasteiger partial charge in [-0.1, -0.05) is 18.2 Å². The van der Waals surface area contributed by atoms with E-state index in [0.29, 0.717) is 16.9 Å². The van der Waals surface area contributed by atoms with Crippen molar-refractivity contribution in [2.75, 3.05) is 27.7 Å². The van der Waals surface area contributed by atoms with Crippen molar-refractivity contribution in [1.29, 1.82) is 0 Å². The maximum absolute atomic E-state index is 12.3. The molecule has 0 aliphatic carbocycles. The van der Waals surface area contributed by atoms with E-state index in [1.165, 1.54) is 11.0 Å². The summed E-state index contributed by atoms with van der Waals surface area (Å²) in [5, 5.41) is 2.56. The van der Waals surface area contributed by atoms with Crippen molar-refractivity contribution in [2.45, 2.75) is 0 Å². The van der Waals surface area contributed by atoms with E-state index in [4.69, 9.17) is 4.74 Å². The lowest BCUT2D eigenvalue weighted by molar-refractivity contribution is -0.130. The standard InChI is InChI=1S/C21H22N2O4/c1-22-21(26)17-7-4-15(5-8-17)6-13-19(24)16-9-11-18(12-10-16)27-14-20(25)23(2)3/h4-13H,14H2,1-3H3,(H,22,26)/b13-6+. The Bertz CT molecular complexity index is 837. The minimum atomic E-state index is -0.156. The number of nitrogens with one attached hydrogen (secondary N) is 1. The maximum Gasteiger partial charge on any atom is 0.259 e. The van der Waals surface area contributed by atoms with Crippen LogP contribution in [-0.2, 0) is 4.79 Å². The molecule has 2 rings (SSSR count). The molecule has 6 nitrogen and oxygen atoms in total. The molecule has 0 atom stereocenters. The number of hydrogen-bond donors (Lipinski definition) is 1. The number of likely N-dealkylation sites (N-methyl/N-ethyl adjacent to an activating group) is 1. The third kappa shape index (κ3) is 5.81. The zero-order valence-electron chi connectivity index (χ0n) is 15.6. The summed E-state index contributed by atoms with van der Waals surface area (Å²) in [5.41, 5.74) is 1.89. The van der Waals surface area contributed by atoms with Crippen LogP contribution in [0.15, 0.2) is 54.6 Å². The predicted octanol–water partition coefficient (Wildman–Crippen LogP) is 2.41. The fourth-order valence-electron chi connectivity index (χ4n) is 2.15. The summed E-state index contributed by atoms with van der Waals surface area (Å²) >= 11 is 0. The van der Waals surface area contributed by atoms with Gasteiger partial charge in [0.1, 0.15) is 5.75 Å². The Balaban J connectivity index is 1.96. The third-order valence-corrected chi connectivity index (χ3v) is 3.83. The average Bonchev–Trinajstić information content (AvgIpc) is 2.70. The first kappa shape index (κ1) is 19.9. The first-order valence-electron chi connectivity index (χ1n) is 8.38. The van der Waals surface area contributed by atoms with Crippen LogP contribution in [0.25, 0.3) is 6.08 Å². The van der Waals surface area contributed by atoms with Crippen LogP contribution in [0.2, 0.25) is 0 Å². The number of rotatable bonds is 7. The molecule has 0 heterocycles. The van der Waals surface area contributed by atoms with Gasteiger partial charge in [-0.05, 0) is 48.0 Å². The molecule has 0 saturated carbocycles.